The van der Waals surface area contributed by atoms with Crippen molar-refractivity contribution < 1.29 is 9.53 Å². The average molecular weight is 309 g/mol. The lowest BCUT2D eigenvalue weighted by Gasteiger charge is -2.37. The third-order valence-corrected chi connectivity index (χ3v) is 4.93. The van der Waals surface area contributed by atoms with Crippen molar-refractivity contribution in [1.29, 1.82) is 0 Å². The van der Waals surface area contributed by atoms with E-state index in [1.165, 1.54) is 32.4 Å². The minimum Gasteiger partial charge on any atom is -0.444 e. The molecular weight excluding hydrogens is 278 g/mol. The molecule has 3 aliphatic rings. The maximum Gasteiger partial charge on any atom is 0.407 e. The van der Waals surface area contributed by atoms with Crippen LogP contribution in [0.3, 0.4) is 0 Å². The van der Waals surface area contributed by atoms with Crippen LogP contribution in [-0.2, 0) is 4.74 Å². The molecule has 22 heavy (non-hydrogen) atoms. The molecular formula is C17H31N3O2. The summed E-state index contributed by atoms with van der Waals surface area (Å²) in [7, 11) is 0. The summed E-state index contributed by atoms with van der Waals surface area (Å²) >= 11 is 0. The second-order valence-corrected chi connectivity index (χ2v) is 8.30. The lowest BCUT2D eigenvalue weighted by molar-refractivity contribution is 0.0464. The SMILES string of the molecule is CC(C)(C)OC(=O)NC1CC(NCC2CCN(C3CC3)C2)C1. The van der Waals surface area contributed by atoms with E-state index in [0.29, 0.717) is 6.04 Å². The summed E-state index contributed by atoms with van der Waals surface area (Å²) in [5.74, 6) is 0.818. The van der Waals surface area contributed by atoms with Crippen molar-refractivity contribution in [3.05, 3.63) is 0 Å². The van der Waals surface area contributed by atoms with Gasteiger partial charge in [0, 0.05) is 24.7 Å². The van der Waals surface area contributed by atoms with Crippen LogP contribution < -0.4 is 10.6 Å². The number of alkyl carbamates (subject to hydrolysis) is 1. The Morgan fingerprint density at radius 3 is 2.55 bits per heavy atom. The predicted octanol–water partition coefficient (Wildman–Crippen LogP) is 2.12. The molecule has 5 heteroatoms. The Balaban J connectivity index is 1.25. The van der Waals surface area contributed by atoms with Gasteiger partial charge >= 0.3 is 6.09 Å². The standard InChI is InChI=1S/C17H31N3O2/c1-17(2,3)22-16(21)19-14-8-13(9-14)18-10-12-6-7-20(11-12)15-4-5-15/h12-15,18H,4-11H2,1-3H3,(H,19,21). The fraction of sp³-hybridized carbons (Fsp3) is 0.941. The highest BCUT2D eigenvalue weighted by molar-refractivity contribution is 5.68. The van der Waals surface area contributed by atoms with Gasteiger partial charge in [0.15, 0.2) is 0 Å². The minimum atomic E-state index is -0.415. The normalized spacial score (nSPS) is 32.6. The number of nitrogens with one attached hydrogen (secondary N) is 2. The Kier molecular flexibility index (Phi) is 4.64. The van der Waals surface area contributed by atoms with Gasteiger partial charge in [-0.2, -0.15) is 0 Å². The van der Waals surface area contributed by atoms with Gasteiger partial charge in [-0.3, -0.25) is 0 Å². The van der Waals surface area contributed by atoms with Crippen molar-refractivity contribution in [2.24, 2.45) is 5.92 Å². The summed E-state index contributed by atoms with van der Waals surface area (Å²) in [4.78, 5) is 14.3. The molecule has 5 nitrogen and oxygen atoms in total. The van der Waals surface area contributed by atoms with E-state index in [1.807, 2.05) is 20.8 Å². The summed E-state index contributed by atoms with van der Waals surface area (Å²) < 4.78 is 5.28. The molecule has 0 spiro atoms. The summed E-state index contributed by atoms with van der Waals surface area (Å²) in [6.07, 6.45) is 5.94. The van der Waals surface area contributed by atoms with Crippen LogP contribution in [0.4, 0.5) is 4.79 Å². The molecule has 0 aromatic carbocycles. The molecule has 3 rings (SSSR count). The summed E-state index contributed by atoms with van der Waals surface area (Å²) in [6, 6.07) is 1.75. The number of nitrogens with zero attached hydrogens (tertiary/aromatic N) is 1. The quantitative estimate of drug-likeness (QED) is 0.817. The van der Waals surface area contributed by atoms with Crippen molar-refractivity contribution in [2.75, 3.05) is 19.6 Å². The molecule has 1 heterocycles. The third-order valence-electron chi connectivity index (χ3n) is 4.93. The molecule has 0 radical (unpaired) electrons. The van der Waals surface area contributed by atoms with Gasteiger partial charge in [-0.15, -0.1) is 0 Å². The zero-order valence-corrected chi connectivity index (χ0v) is 14.2. The molecule has 0 aromatic rings. The molecule has 1 atom stereocenters. The van der Waals surface area contributed by atoms with Gasteiger partial charge in [-0.05, 0) is 71.9 Å². The molecule has 3 fully saturated rings. The smallest absolute Gasteiger partial charge is 0.407 e. The molecule has 0 aromatic heterocycles. The lowest BCUT2D eigenvalue weighted by atomic mass is 9.86. The van der Waals surface area contributed by atoms with Crippen LogP contribution in [0.2, 0.25) is 0 Å². The first-order chi connectivity index (χ1) is 10.4. The Hall–Kier alpha value is -0.810. The van der Waals surface area contributed by atoms with E-state index < -0.39 is 5.60 Å². The molecule has 126 valence electrons. The second kappa shape index (κ2) is 6.36. The summed E-state index contributed by atoms with van der Waals surface area (Å²) in [5.41, 5.74) is -0.415. The molecule has 2 N–H and O–H groups in total. The molecule has 1 aliphatic heterocycles. The van der Waals surface area contributed by atoms with Crippen LogP contribution in [0.1, 0.15) is 52.9 Å². The van der Waals surface area contributed by atoms with Gasteiger partial charge in [0.2, 0.25) is 0 Å². The van der Waals surface area contributed by atoms with E-state index in [1.54, 1.807) is 0 Å². The minimum absolute atomic E-state index is 0.277. The van der Waals surface area contributed by atoms with Gasteiger partial charge in [0.1, 0.15) is 5.60 Å². The first-order valence-corrected chi connectivity index (χ1v) is 8.86. The number of hydrogen-bond donors (Lipinski definition) is 2. The van der Waals surface area contributed by atoms with E-state index >= 15 is 0 Å². The van der Waals surface area contributed by atoms with Crippen LogP contribution >= 0.6 is 0 Å². The molecule has 1 amide bonds. The monoisotopic (exact) mass is 309 g/mol. The average Bonchev–Trinajstić information content (AvgIpc) is 3.10. The fourth-order valence-electron chi connectivity index (χ4n) is 3.51. The van der Waals surface area contributed by atoms with Crippen LogP contribution in [0.25, 0.3) is 0 Å². The number of ether oxygens (including phenoxy) is 1. The third kappa shape index (κ3) is 4.59. The Bertz CT molecular complexity index is 397. The zero-order chi connectivity index (χ0) is 15.7. The highest BCUT2D eigenvalue weighted by atomic mass is 16.6. The highest BCUT2D eigenvalue weighted by Gasteiger charge is 2.35. The van der Waals surface area contributed by atoms with Crippen molar-refractivity contribution >= 4 is 6.09 Å². The van der Waals surface area contributed by atoms with Gasteiger partial charge < -0.3 is 20.3 Å². The van der Waals surface area contributed by atoms with Gasteiger partial charge in [-0.1, -0.05) is 0 Å². The van der Waals surface area contributed by atoms with E-state index in [0.717, 1.165) is 31.3 Å². The maximum atomic E-state index is 11.7. The van der Waals surface area contributed by atoms with Gasteiger partial charge in [0.25, 0.3) is 0 Å². The van der Waals surface area contributed by atoms with Crippen molar-refractivity contribution in [3.8, 4) is 0 Å². The van der Waals surface area contributed by atoms with Crippen molar-refractivity contribution in [3.63, 3.8) is 0 Å². The summed E-state index contributed by atoms with van der Waals surface area (Å²) in [6.45, 7) is 9.39. The number of amides is 1. The Morgan fingerprint density at radius 2 is 1.91 bits per heavy atom. The van der Waals surface area contributed by atoms with Gasteiger partial charge in [-0.25, -0.2) is 4.79 Å². The van der Waals surface area contributed by atoms with Crippen LogP contribution in [0.5, 0.6) is 0 Å². The van der Waals surface area contributed by atoms with Crippen molar-refractivity contribution in [1.82, 2.24) is 15.5 Å². The topological polar surface area (TPSA) is 53.6 Å². The van der Waals surface area contributed by atoms with Crippen LogP contribution in [0, 0.1) is 5.92 Å². The molecule has 2 aliphatic carbocycles. The van der Waals surface area contributed by atoms with Crippen LogP contribution in [0.15, 0.2) is 0 Å². The summed E-state index contributed by atoms with van der Waals surface area (Å²) in [5, 5.41) is 6.63. The first kappa shape index (κ1) is 16.1. The van der Waals surface area contributed by atoms with Crippen LogP contribution in [-0.4, -0.2) is 54.4 Å². The first-order valence-electron chi connectivity index (χ1n) is 8.86. The molecule has 2 saturated carbocycles. The second-order valence-electron chi connectivity index (χ2n) is 8.30. The van der Waals surface area contributed by atoms with E-state index in [9.17, 15) is 4.79 Å². The Morgan fingerprint density at radius 1 is 1.18 bits per heavy atom. The molecule has 1 saturated heterocycles. The van der Waals surface area contributed by atoms with E-state index in [-0.39, 0.29) is 12.1 Å². The number of hydrogen-bond acceptors (Lipinski definition) is 4. The van der Waals surface area contributed by atoms with Gasteiger partial charge in [0.05, 0.1) is 0 Å². The molecule has 0 bridgehead atoms. The predicted molar refractivity (Wildman–Crippen MR) is 86.9 cm³/mol. The number of carbonyl (C=O) groups excluding carboxylic acids is 1. The molecule has 1 unspecified atom stereocenters. The number of rotatable bonds is 5. The lowest BCUT2D eigenvalue weighted by Crippen LogP contribution is -2.53. The Labute approximate surface area is 134 Å². The van der Waals surface area contributed by atoms with E-state index in [2.05, 4.69) is 15.5 Å². The number of likely N-dealkylation sites (tertiary alicyclic amines) is 1. The zero-order valence-electron chi connectivity index (χ0n) is 14.2. The van der Waals surface area contributed by atoms with Crippen molar-refractivity contribution in [2.45, 2.75) is 76.6 Å². The highest BCUT2D eigenvalue weighted by Crippen LogP contribution is 2.31. The maximum absolute atomic E-state index is 11.7. The fourth-order valence-corrected chi connectivity index (χ4v) is 3.51. The largest absolute Gasteiger partial charge is 0.444 e. The number of carbonyl (C=O) groups is 1. The van der Waals surface area contributed by atoms with E-state index in [4.69, 9.17) is 4.74 Å².